The third-order valence-corrected chi connectivity index (χ3v) is 6.05. The first-order valence-electron chi connectivity index (χ1n) is 10.1. The number of carbonyl (C=O) groups is 2. The number of halogens is 1. The van der Waals surface area contributed by atoms with Crippen molar-refractivity contribution >= 4 is 11.8 Å². The van der Waals surface area contributed by atoms with Crippen LogP contribution in [0, 0.1) is 11.7 Å². The lowest BCUT2D eigenvalue weighted by molar-refractivity contribution is -0.138. The van der Waals surface area contributed by atoms with Crippen LogP contribution in [0.15, 0.2) is 54.6 Å². The zero-order valence-corrected chi connectivity index (χ0v) is 16.6. The van der Waals surface area contributed by atoms with Crippen molar-refractivity contribution in [1.82, 2.24) is 14.7 Å². The van der Waals surface area contributed by atoms with Crippen molar-refractivity contribution in [3.05, 3.63) is 71.5 Å². The van der Waals surface area contributed by atoms with Gasteiger partial charge >= 0.3 is 0 Å². The van der Waals surface area contributed by atoms with Gasteiger partial charge in [-0.2, -0.15) is 0 Å². The Hall–Kier alpha value is -2.73. The predicted octanol–water partition coefficient (Wildman–Crippen LogP) is 2.69. The van der Waals surface area contributed by atoms with Gasteiger partial charge in [-0.1, -0.05) is 42.5 Å². The van der Waals surface area contributed by atoms with Crippen molar-refractivity contribution in [1.29, 1.82) is 0 Å². The Balaban J connectivity index is 1.42. The van der Waals surface area contributed by atoms with E-state index in [0.29, 0.717) is 13.1 Å². The number of likely N-dealkylation sites (tertiary alicyclic amines) is 1. The number of piperazine rings is 1. The zero-order valence-electron chi connectivity index (χ0n) is 16.6. The van der Waals surface area contributed by atoms with E-state index in [0.717, 1.165) is 25.2 Å². The van der Waals surface area contributed by atoms with Gasteiger partial charge in [0.25, 0.3) is 0 Å². The van der Waals surface area contributed by atoms with Crippen LogP contribution in [-0.2, 0) is 16.1 Å². The minimum Gasteiger partial charge on any atom is -0.340 e. The fourth-order valence-corrected chi connectivity index (χ4v) is 4.41. The molecule has 2 aromatic carbocycles. The highest BCUT2D eigenvalue weighted by molar-refractivity contribution is 5.90. The minimum absolute atomic E-state index is 0.0244. The van der Waals surface area contributed by atoms with E-state index in [1.165, 1.54) is 17.7 Å². The lowest BCUT2D eigenvalue weighted by Crippen LogP contribution is -2.50. The van der Waals surface area contributed by atoms with Crippen molar-refractivity contribution in [3.8, 4) is 0 Å². The second-order valence-corrected chi connectivity index (χ2v) is 7.90. The quantitative estimate of drug-likeness (QED) is 0.800. The molecular formula is C23H26FN3O2. The molecule has 0 bridgehead atoms. The lowest BCUT2D eigenvalue weighted by atomic mass is 9.92. The molecule has 0 saturated carbocycles. The van der Waals surface area contributed by atoms with Crippen LogP contribution >= 0.6 is 0 Å². The highest BCUT2D eigenvalue weighted by Gasteiger charge is 2.44. The van der Waals surface area contributed by atoms with Gasteiger partial charge in [0.15, 0.2) is 0 Å². The summed E-state index contributed by atoms with van der Waals surface area (Å²) in [4.78, 5) is 31.5. The average molecular weight is 395 g/mol. The van der Waals surface area contributed by atoms with E-state index in [2.05, 4.69) is 17.0 Å². The maximum absolute atomic E-state index is 13.3. The number of benzene rings is 2. The van der Waals surface area contributed by atoms with E-state index >= 15 is 0 Å². The molecule has 0 radical (unpaired) electrons. The van der Waals surface area contributed by atoms with Crippen molar-refractivity contribution in [2.75, 3.05) is 33.2 Å². The third kappa shape index (κ3) is 4.17. The Morgan fingerprint density at radius 1 is 1.00 bits per heavy atom. The van der Waals surface area contributed by atoms with Gasteiger partial charge in [0.2, 0.25) is 11.8 Å². The van der Waals surface area contributed by atoms with Gasteiger partial charge in [-0.15, -0.1) is 0 Å². The van der Waals surface area contributed by atoms with Crippen molar-refractivity contribution < 1.29 is 14.0 Å². The van der Waals surface area contributed by atoms with Crippen LogP contribution in [-0.4, -0.2) is 59.7 Å². The van der Waals surface area contributed by atoms with Gasteiger partial charge in [0.1, 0.15) is 5.82 Å². The van der Waals surface area contributed by atoms with Crippen LogP contribution in [0.25, 0.3) is 0 Å². The van der Waals surface area contributed by atoms with Gasteiger partial charge in [-0.05, 0) is 23.3 Å². The average Bonchev–Trinajstić information content (AvgIpc) is 3.04. The van der Waals surface area contributed by atoms with Crippen molar-refractivity contribution in [2.45, 2.75) is 19.0 Å². The smallest absolute Gasteiger partial charge is 0.228 e. The molecule has 2 aromatic rings. The van der Waals surface area contributed by atoms with E-state index in [9.17, 15) is 14.0 Å². The summed E-state index contributed by atoms with van der Waals surface area (Å²) in [7, 11) is 1.72. The Morgan fingerprint density at radius 3 is 2.31 bits per heavy atom. The van der Waals surface area contributed by atoms with Crippen LogP contribution in [0.4, 0.5) is 4.39 Å². The Morgan fingerprint density at radius 2 is 1.66 bits per heavy atom. The molecule has 6 heteroatoms. The number of carbonyl (C=O) groups excluding carboxylic acids is 2. The van der Waals surface area contributed by atoms with Gasteiger partial charge in [-0.3, -0.25) is 14.5 Å². The topological polar surface area (TPSA) is 43.9 Å². The van der Waals surface area contributed by atoms with Crippen molar-refractivity contribution in [3.63, 3.8) is 0 Å². The second kappa shape index (κ2) is 8.33. The van der Waals surface area contributed by atoms with Gasteiger partial charge in [0.05, 0.1) is 12.0 Å². The van der Waals surface area contributed by atoms with Crippen LogP contribution in [0.3, 0.4) is 0 Å². The molecule has 2 saturated heterocycles. The summed E-state index contributed by atoms with van der Waals surface area (Å²) in [5, 5.41) is 0. The minimum atomic E-state index is -0.418. The largest absolute Gasteiger partial charge is 0.340 e. The molecule has 29 heavy (non-hydrogen) atoms. The maximum Gasteiger partial charge on any atom is 0.228 e. The Labute approximate surface area is 170 Å². The van der Waals surface area contributed by atoms with Crippen LogP contribution in [0.1, 0.15) is 23.6 Å². The predicted molar refractivity (Wildman–Crippen MR) is 108 cm³/mol. The molecule has 2 heterocycles. The first-order valence-corrected chi connectivity index (χ1v) is 10.1. The molecule has 2 unspecified atom stereocenters. The maximum atomic E-state index is 13.3. The third-order valence-electron chi connectivity index (χ3n) is 6.05. The van der Waals surface area contributed by atoms with E-state index in [1.54, 1.807) is 24.1 Å². The number of hydrogen-bond acceptors (Lipinski definition) is 3. The molecule has 2 aliphatic heterocycles. The van der Waals surface area contributed by atoms with E-state index < -0.39 is 5.92 Å². The lowest BCUT2D eigenvalue weighted by Gasteiger charge is -2.37. The van der Waals surface area contributed by atoms with Gasteiger partial charge < -0.3 is 9.80 Å². The van der Waals surface area contributed by atoms with E-state index in [4.69, 9.17) is 0 Å². The molecule has 2 atom stereocenters. The second-order valence-electron chi connectivity index (χ2n) is 7.90. The first-order chi connectivity index (χ1) is 14.0. The molecule has 2 aliphatic rings. The molecule has 0 aromatic heterocycles. The number of rotatable bonds is 4. The summed E-state index contributed by atoms with van der Waals surface area (Å²) in [6.45, 7) is 3.84. The summed E-state index contributed by atoms with van der Waals surface area (Å²) in [6, 6.07) is 16.1. The summed E-state index contributed by atoms with van der Waals surface area (Å²) >= 11 is 0. The molecular weight excluding hydrogens is 369 g/mol. The molecule has 4 rings (SSSR count). The van der Waals surface area contributed by atoms with Gasteiger partial charge in [0, 0.05) is 46.2 Å². The Bertz CT molecular complexity index is 863. The molecule has 2 amide bonds. The number of hydrogen-bond donors (Lipinski definition) is 0. The molecule has 152 valence electrons. The van der Waals surface area contributed by atoms with Gasteiger partial charge in [-0.25, -0.2) is 4.39 Å². The molecule has 0 N–H and O–H groups in total. The summed E-state index contributed by atoms with van der Waals surface area (Å²) in [6.07, 6.45) is 0.210. The van der Waals surface area contributed by atoms with E-state index in [-0.39, 0.29) is 30.1 Å². The molecule has 0 spiro atoms. The summed E-state index contributed by atoms with van der Waals surface area (Å²) < 4.78 is 13.3. The van der Waals surface area contributed by atoms with Crippen LogP contribution < -0.4 is 0 Å². The summed E-state index contributed by atoms with van der Waals surface area (Å²) in [5.41, 5.74) is 2.08. The zero-order chi connectivity index (χ0) is 20.4. The van der Waals surface area contributed by atoms with Crippen LogP contribution in [0.2, 0.25) is 0 Å². The monoisotopic (exact) mass is 395 g/mol. The normalized spacial score (nSPS) is 22.9. The fourth-order valence-electron chi connectivity index (χ4n) is 4.41. The highest BCUT2D eigenvalue weighted by atomic mass is 19.1. The van der Waals surface area contributed by atoms with Crippen LogP contribution in [0.5, 0.6) is 0 Å². The van der Waals surface area contributed by atoms with Crippen molar-refractivity contribution in [2.24, 2.45) is 5.92 Å². The number of amides is 2. The highest BCUT2D eigenvalue weighted by Crippen LogP contribution is 2.38. The summed E-state index contributed by atoms with van der Waals surface area (Å²) in [5.74, 6) is -0.756. The number of nitrogens with zero attached hydrogens (tertiary/aromatic N) is 3. The molecule has 5 nitrogen and oxygen atoms in total. The fraction of sp³-hybridized carbons (Fsp3) is 0.391. The molecule has 0 aliphatic carbocycles. The SMILES string of the molecule is CN1C(=O)CC(C(=O)N2CCN(Cc3ccccc3)CC2)C1c1ccc(F)cc1. The first kappa shape index (κ1) is 19.6. The molecule has 2 fully saturated rings. The standard InChI is InChI=1S/C23H26FN3O2/c1-25-21(28)15-20(22(25)18-7-9-19(24)10-8-18)23(29)27-13-11-26(12-14-27)16-17-5-3-2-4-6-17/h2-10,20,22H,11-16H2,1H3. The van der Waals surface area contributed by atoms with E-state index in [1.807, 2.05) is 23.1 Å². The Kier molecular flexibility index (Phi) is 5.62.